The molecule has 2 aliphatic heterocycles. The molecule has 2 aliphatic rings. The quantitative estimate of drug-likeness (QED) is 0.645. The number of hydrogen-bond donors (Lipinski definition) is 3. The first-order chi connectivity index (χ1) is 14.2. The number of aromatic nitrogens is 2. The van der Waals surface area contributed by atoms with Gasteiger partial charge in [-0.3, -0.25) is 14.3 Å². The largest absolute Gasteiger partial charge is 0.368 e. The average Bonchev–Trinajstić information content (AvgIpc) is 3.47. The van der Waals surface area contributed by atoms with Crippen molar-refractivity contribution in [2.75, 3.05) is 25.0 Å². The van der Waals surface area contributed by atoms with Crippen molar-refractivity contribution in [3.8, 4) is 0 Å². The molecular formula is C21H28ClN5O3. The van der Waals surface area contributed by atoms with Crippen LogP contribution in [0.4, 0.5) is 5.69 Å². The fourth-order valence-corrected chi connectivity index (χ4v) is 4.04. The molecule has 162 valence electrons. The number of carbonyl (C=O) groups excluding carboxylic acids is 2. The summed E-state index contributed by atoms with van der Waals surface area (Å²) in [6.45, 7) is 2.58. The first-order valence-electron chi connectivity index (χ1n) is 10.2. The molecule has 2 saturated heterocycles. The van der Waals surface area contributed by atoms with Crippen LogP contribution in [0.25, 0.3) is 0 Å². The number of nitrogens with zero attached hydrogens (tertiary/aromatic N) is 2. The summed E-state index contributed by atoms with van der Waals surface area (Å²) in [5.74, 6) is -0.146. The number of halogens is 1. The number of nitrogens with one attached hydrogen (secondary N) is 3. The summed E-state index contributed by atoms with van der Waals surface area (Å²) in [4.78, 5) is 25.4. The van der Waals surface area contributed by atoms with E-state index in [4.69, 9.17) is 4.74 Å². The van der Waals surface area contributed by atoms with Crippen molar-refractivity contribution in [3.05, 3.63) is 48.3 Å². The Morgan fingerprint density at radius 3 is 2.80 bits per heavy atom. The molecular weight excluding hydrogens is 406 g/mol. The van der Waals surface area contributed by atoms with Crippen molar-refractivity contribution in [1.82, 2.24) is 20.4 Å². The van der Waals surface area contributed by atoms with E-state index >= 15 is 0 Å². The molecule has 4 rings (SSSR count). The Morgan fingerprint density at radius 2 is 2.10 bits per heavy atom. The van der Waals surface area contributed by atoms with Gasteiger partial charge in [-0.25, -0.2) is 0 Å². The van der Waals surface area contributed by atoms with Crippen molar-refractivity contribution in [1.29, 1.82) is 0 Å². The number of amides is 2. The van der Waals surface area contributed by atoms with Gasteiger partial charge in [0.15, 0.2) is 0 Å². The summed E-state index contributed by atoms with van der Waals surface area (Å²) in [5, 5.41) is 13.6. The third-order valence-corrected chi connectivity index (χ3v) is 5.67. The molecule has 30 heavy (non-hydrogen) atoms. The van der Waals surface area contributed by atoms with Gasteiger partial charge in [-0.2, -0.15) is 5.10 Å². The van der Waals surface area contributed by atoms with Crippen molar-refractivity contribution >= 4 is 29.9 Å². The van der Waals surface area contributed by atoms with Gasteiger partial charge in [-0.05, 0) is 62.5 Å². The highest BCUT2D eigenvalue weighted by atomic mass is 35.5. The van der Waals surface area contributed by atoms with Crippen LogP contribution in [0, 0.1) is 0 Å². The maximum absolute atomic E-state index is 13.1. The molecule has 0 saturated carbocycles. The first-order valence-corrected chi connectivity index (χ1v) is 10.2. The molecule has 2 amide bonds. The smallest absolute Gasteiger partial charge is 0.253 e. The van der Waals surface area contributed by atoms with E-state index in [-0.39, 0.29) is 30.3 Å². The van der Waals surface area contributed by atoms with E-state index in [0.717, 1.165) is 31.5 Å². The molecule has 1 aromatic heterocycles. The highest BCUT2D eigenvalue weighted by molar-refractivity contribution is 5.94. The summed E-state index contributed by atoms with van der Waals surface area (Å²) in [6, 6.07) is 9.38. The Hall–Kier alpha value is -2.42. The number of anilines is 1. The summed E-state index contributed by atoms with van der Waals surface area (Å²) in [5.41, 5.74) is 0.967. The van der Waals surface area contributed by atoms with Crippen LogP contribution in [0.15, 0.2) is 42.7 Å². The van der Waals surface area contributed by atoms with E-state index in [2.05, 4.69) is 21.0 Å². The molecule has 1 unspecified atom stereocenters. The second-order valence-electron chi connectivity index (χ2n) is 7.61. The highest BCUT2D eigenvalue weighted by Gasteiger charge is 2.41. The topological polar surface area (TPSA) is 97.3 Å². The van der Waals surface area contributed by atoms with Gasteiger partial charge in [-0.1, -0.05) is 12.1 Å². The maximum Gasteiger partial charge on any atom is 0.253 e. The Bertz CT molecular complexity index is 846. The number of benzene rings is 1. The fraction of sp³-hybridized carbons (Fsp3) is 0.476. The lowest BCUT2D eigenvalue weighted by Gasteiger charge is -2.36. The normalized spacial score (nSPS) is 20.2. The maximum atomic E-state index is 13.1. The summed E-state index contributed by atoms with van der Waals surface area (Å²) >= 11 is 0. The molecule has 1 atom stereocenters. The van der Waals surface area contributed by atoms with E-state index in [1.807, 2.05) is 36.5 Å². The zero-order valence-corrected chi connectivity index (χ0v) is 17.6. The molecule has 2 fully saturated rings. The number of piperidine rings is 1. The number of hydrogen-bond acceptors (Lipinski definition) is 5. The lowest BCUT2D eigenvalue weighted by molar-refractivity contribution is -0.132. The molecule has 8 nitrogen and oxygen atoms in total. The third kappa shape index (κ3) is 4.83. The van der Waals surface area contributed by atoms with Crippen molar-refractivity contribution in [2.24, 2.45) is 0 Å². The predicted octanol–water partition coefficient (Wildman–Crippen LogP) is 1.82. The van der Waals surface area contributed by atoms with Gasteiger partial charge in [-0.15, -0.1) is 12.4 Å². The zero-order chi connectivity index (χ0) is 20.1. The van der Waals surface area contributed by atoms with Gasteiger partial charge in [0, 0.05) is 31.2 Å². The predicted molar refractivity (Wildman–Crippen MR) is 115 cm³/mol. The number of rotatable bonds is 6. The lowest BCUT2D eigenvalue weighted by atomic mass is 9.87. The molecule has 0 bridgehead atoms. The van der Waals surface area contributed by atoms with Crippen LogP contribution in [0.2, 0.25) is 0 Å². The van der Waals surface area contributed by atoms with Crippen LogP contribution in [0.1, 0.15) is 31.2 Å². The minimum atomic E-state index is -0.666. The summed E-state index contributed by atoms with van der Waals surface area (Å²) in [7, 11) is 0. The highest BCUT2D eigenvalue weighted by Crippen LogP contribution is 2.27. The summed E-state index contributed by atoms with van der Waals surface area (Å²) < 4.78 is 7.21. The minimum Gasteiger partial charge on any atom is -0.368 e. The minimum absolute atomic E-state index is 0. The van der Waals surface area contributed by atoms with Crippen molar-refractivity contribution < 1.29 is 14.3 Å². The van der Waals surface area contributed by atoms with Gasteiger partial charge in [0.1, 0.15) is 11.6 Å². The second-order valence-corrected chi connectivity index (χ2v) is 7.61. The Balaban J connectivity index is 0.00000256. The van der Waals surface area contributed by atoms with Gasteiger partial charge in [0.05, 0.1) is 0 Å². The SMILES string of the molecule is Cl.O=C(Nc1cccc(CNC(=O)C2(n3cccn3)CCNCC2)c1)C1CCCO1. The number of ether oxygens (including phenoxy) is 1. The van der Waals surface area contributed by atoms with E-state index in [1.165, 1.54) is 0 Å². The molecule has 3 heterocycles. The number of carbonyl (C=O) groups is 2. The third-order valence-electron chi connectivity index (χ3n) is 5.67. The second kappa shape index (κ2) is 10.1. The summed E-state index contributed by atoms with van der Waals surface area (Å²) in [6.07, 6.45) is 6.25. The first kappa shape index (κ1) is 22.3. The molecule has 9 heteroatoms. The van der Waals surface area contributed by atoms with Crippen LogP contribution < -0.4 is 16.0 Å². The molecule has 0 spiro atoms. The fourth-order valence-electron chi connectivity index (χ4n) is 4.04. The molecule has 0 aliphatic carbocycles. The van der Waals surface area contributed by atoms with Crippen LogP contribution in [0.5, 0.6) is 0 Å². The van der Waals surface area contributed by atoms with Gasteiger partial charge >= 0.3 is 0 Å². The molecule has 2 aromatic rings. The Labute approximate surface area is 182 Å². The van der Waals surface area contributed by atoms with Crippen molar-refractivity contribution in [2.45, 2.75) is 43.9 Å². The Morgan fingerprint density at radius 1 is 1.27 bits per heavy atom. The van der Waals surface area contributed by atoms with Crippen LogP contribution in [-0.4, -0.2) is 47.4 Å². The van der Waals surface area contributed by atoms with E-state index in [0.29, 0.717) is 31.7 Å². The van der Waals surface area contributed by atoms with Crippen molar-refractivity contribution in [3.63, 3.8) is 0 Å². The molecule has 0 radical (unpaired) electrons. The van der Waals surface area contributed by atoms with E-state index in [1.54, 1.807) is 10.9 Å². The average molecular weight is 434 g/mol. The van der Waals surface area contributed by atoms with E-state index in [9.17, 15) is 9.59 Å². The van der Waals surface area contributed by atoms with Gasteiger partial charge in [0.2, 0.25) is 5.91 Å². The molecule has 1 aromatic carbocycles. The standard InChI is InChI=1S/C21H27N5O3.ClH/c27-19(18-6-2-13-29-18)25-17-5-1-4-16(14-17)15-23-20(28)21(7-10-22-11-8-21)26-12-3-9-24-26;/h1,3-5,9,12,14,18,22H,2,6-8,10-11,13,15H2,(H,23,28)(H,25,27);1H. The van der Waals surface area contributed by atoms with Crippen LogP contribution in [0.3, 0.4) is 0 Å². The van der Waals surface area contributed by atoms with Gasteiger partial charge < -0.3 is 20.7 Å². The lowest BCUT2D eigenvalue weighted by Crippen LogP contribution is -2.54. The van der Waals surface area contributed by atoms with Crippen LogP contribution in [-0.2, 0) is 26.4 Å². The zero-order valence-electron chi connectivity index (χ0n) is 16.8. The van der Waals surface area contributed by atoms with Gasteiger partial charge in [0.25, 0.3) is 5.91 Å². The van der Waals surface area contributed by atoms with Crippen LogP contribution >= 0.6 is 12.4 Å². The Kier molecular flexibility index (Phi) is 7.47. The monoisotopic (exact) mass is 433 g/mol. The molecule has 3 N–H and O–H groups in total. The van der Waals surface area contributed by atoms with E-state index < -0.39 is 5.54 Å².